The quantitative estimate of drug-likeness (QED) is 0.795. The molecule has 94 valence electrons. The summed E-state index contributed by atoms with van der Waals surface area (Å²) in [5.74, 6) is 0.298. The van der Waals surface area contributed by atoms with E-state index in [-0.39, 0.29) is 5.97 Å². The molecule has 0 aromatic carbocycles. The van der Waals surface area contributed by atoms with Crippen molar-refractivity contribution in [1.82, 2.24) is 9.97 Å². The fraction of sp³-hybridized carbons (Fsp3) is 0.308. The minimum absolute atomic E-state index is 0.355. The lowest BCUT2D eigenvalue weighted by atomic mass is 10.2. The smallest absolute Gasteiger partial charge is 0.341 e. The summed E-state index contributed by atoms with van der Waals surface area (Å²) in [5.41, 5.74) is 2.16. The van der Waals surface area contributed by atoms with E-state index in [0.717, 1.165) is 11.3 Å². The Bertz CT molecular complexity index is 538. The van der Waals surface area contributed by atoms with Crippen molar-refractivity contribution in [2.24, 2.45) is 0 Å². The van der Waals surface area contributed by atoms with Crippen molar-refractivity contribution in [1.29, 1.82) is 0 Å². The Morgan fingerprint density at radius 3 is 2.89 bits per heavy atom. The summed E-state index contributed by atoms with van der Waals surface area (Å²) in [7, 11) is 0. The van der Waals surface area contributed by atoms with Gasteiger partial charge in [-0.05, 0) is 24.8 Å². The first kappa shape index (κ1) is 12.7. The number of ether oxygens (including phenoxy) is 1. The van der Waals surface area contributed by atoms with Crippen molar-refractivity contribution in [2.45, 2.75) is 20.3 Å². The lowest BCUT2D eigenvalue weighted by Gasteiger charge is -2.07. The number of rotatable bonds is 4. The van der Waals surface area contributed by atoms with Crippen LogP contribution < -0.4 is 0 Å². The van der Waals surface area contributed by atoms with Crippen LogP contribution in [-0.4, -0.2) is 22.5 Å². The molecule has 0 fully saturated rings. The molecule has 2 rings (SSSR count). The summed E-state index contributed by atoms with van der Waals surface area (Å²) in [5, 5.41) is 3.96. The third kappa shape index (κ3) is 2.56. The zero-order valence-corrected chi connectivity index (χ0v) is 11.2. The average molecular weight is 262 g/mol. The Morgan fingerprint density at radius 1 is 1.44 bits per heavy atom. The molecule has 0 atom stereocenters. The van der Waals surface area contributed by atoms with E-state index in [0.29, 0.717) is 24.4 Å². The lowest BCUT2D eigenvalue weighted by Crippen LogP contribution is -2.10. The number of esters is 1. The highest BCUT2D eigenvalue weighted by molar-refractivity contribution is 7.08. The summed E-state index contributed by atoms with van der Waals surface area (Å²) in [6.07, 6.45) is 2.23. The minimum Gasteiger partial charge on any atom is -0.462 e. The molecule has 2 aromatic rings. The molecule has 0 saturated carbocycles. The lowest BCUT2D eigenvalue weighted by molar-refractivity contribution is 0.0524. The summed E-state index contributed by atoms with van der Waals surface area (Å²) in [6, 6.07) is 1.96. The van der Waals surface area contributed by atoms with Crippen molar-refractivity contribution in [3.05, 3.63) is 34.3 Å². The van der Waals surface area contributed by atoms with E-state index in [2.05, 4.69) is 9.97 Å². The van der Waals surface area contributed by atoms with E-state index >= 15 is 0 Å². The van der Waals surface area contributed by atoms with Crippen LogP contribution in [0.25, 0.3) is 11.4 Å². The van der Waals surface area contributed by atoms with E-state index in [4.69, 9.17) is 4.74 Å². The highest BCUT2D eigenvalue weighted by Crippen LogP contribution is 2.19. The summed E-state index contributed by atoms with van der Waals surface area (Å²) in [6.45, 7) is 4.10. The Morgan fingerprint density at radius 2 is 2.28 bits per heavy atom. The molecule has 0 unspecified atom stereocenters. The predicted octanol–water partition coefficient (Wildman–Crippen LogP) is 2.94. The van der Waals surface area contributed by atoms with Crippen LogP contribution in [0.3, 0.4) is 0 Å². The van der Waals surface area contributed by atoms with Crippen LogP contribution in [0.5, 0.6) is 0 Å². The normalized spacial score (nSPS) is 10.3. The molecular formula is C13H14N2O2S. The third-order valence-corrected chi connectivity index (χ3v) is 3.16. The zero-order valence-electron chi connectivity index (χ0n) is 10.3. The molecule has 5 heteroatoms. The monoisotopic (exact) mass is 262 g/mol. The molecule has 0 aliphatic carbocycles. The largest absolute Gasteiger partial charge is 0.462 e. The van der Waals surface area contributed by atoms with Gasteiger partial charge >= 0.3 is 5.97 Å². The average Bonchev–Trinajstić information content (AvgIpc) is 2.92. The molecule has 0 amide bonds. The third-order valence-electron chi connectivity index (χ3n) is 2.48. The Labute approximate surface area is 110 Å². The van der Waals surface area contributed by atoms with Crippen molar-refractivity contribution < 1.29 is 9.53 Å². The van der Waals surface area contributed by atoms with Gasteiger partial charge in [-0.25, -0.2) is 14.8 Å². The van der Waals surface area contributed by atoms with E-state index in [9.17, 15) is 4.79 Å². The second-order valence-electron chi connectivity index (χ2n) is 3.64. The van der Waals surface area contributed by atoms with Crippen LogP contribution in [0, 0.1) is 0 Å². The van der Waals surface area contributed by atoms with Crippen molar-refractivity contribution >= 4 is 17.3 Å². The minimum atomic E-state index is -0.355. The maximum absolute atomic E-state index is 11.7. The SMILES string of the molecule is CCOC(=O)c1cnc(-c2ccsc2)nc1CC. The number of aryl methyl sites for hydroxylation is 1. The second kappa shape index (κ2) is 5.73. The first-order chi connectivity index (χ1) is 8.76. The van der Waals surface area contributed by atoms with Gasteiger partial charge in [-0.3, -0.25) is 0 Å². The highest BCUT2D eigenvalue weighted by Gasteiger charge is 2.15. The van der Waals surface area contributed by atoms with E-state index in [1.54, 1.807) is 24.5 Å². The molecule has 0 saturated heterocycles. The summed E-state index contributed by atoms with van der Waals surface area (Å²) < 4.78 is 4.98. The van der Waals surface area contributed by atoms with Gasteiger partial charge in [0.25, 0.3) is 0 Å². The fourth-order valence-corrected chi connectivity index (χ4v) is 2.23. The molecule has 4 nitrogen and oxygen atoms in total. The Kier molecular flexibility index (Phi) is 4.04. The molecule has 0 radical (unpaired) electrons. The number of aromatic nitrogens is 2. The van der Waals surface area contributed by atoms with Gasteiger partial charge in [0.1, 0.15) is 0 Å². The molecule has 18 heavy (non-hydrogen) atoms. The number of carbonyl (C=O) groups is 1. The van der Waals surface area contributed by atoms with Gasteiger partial charge in [-0.15, -0.1) is 0 Å². The maximum atomic E-state index is 11.7. The highest BCUT2D eigenvalue weighted by atomic mass is 32.1. The molecule has 0 spiro atoms. The van der Waals surface area contributed by atoms with Crippen LogP contribution >= 0.6 is 11.3 Å². The number of thiophene rings is 1. The molecule has 0 bridgehead atoms. The maximum Gasteiger partial charge on any atom is 0.341 e. The van der Waals surface area contributed by atoms with Gasteiger partial charge in [0.05, 0.1) is 17.9 Å². The van der Waals surface area contributed by atoms with Crippen LogP contribution in [0.4, 0.5) is 0 Å². The van der Waals surface area contributed by atoms with Gasteiger partial charge < -0.3 is 4.74 Å². The Hall–Kier alpha value is -1.75. The standard InChI is InChI=1S/C13H14N2O2S/c1-3-11-10(13(16)17-4-2)7-14-12(15-11)9-5-6-18-8-9/h5-8H,3-4H2,1-2H3. The van der Waals surface area contributed by atoms with Gasteiger partial charge in [-0.1, -0.05) is 6.92 Å². The molecule has 2 heterocycles. The predicted molar refractivity (Wildman–Crippen MR) is 70.7 cm³/mol. The first-order valence-corrected chi connectivity index (χ1v) is 6.76. The number of nitrogens with zero attached hydrogens (tertiary/aromatic N) is 2. The van der Waals surface area contributed by atoms with E-state index < -0.39 is 0 Å². The summed E-state index contributed by atoms with van der Waals surface area (Å²) >= 11 is 1.59. The van der Waals surface area contributed by atoms with Crippen molar-refractivity contribution in [3.8, 4) is 11.4 Å². The Balaban J connectivity index is 2.37. The van der Waals surface area contributed by atoms with Crippen LogP contribution in [0.1, 0.15) is 29.9 Å². The van der Waals surface area contributed by atoms with Gasteiger partial charge in [0, 0.05) is 17.1 Å². The van der Waals surface area contributed by atoms with E-state index in [1.807, 2.05) is 23.8 Å². The number of carbonyl (C=O) groups excluding carboxylic acids is 1. The molecule has 0 N–H and O–H groups in total. The van der Waals surface area contributed by atoms with Crippen LogP contribution in [0.15, 0.2) is 23.0 Å². The molecule has 0 aliphatic heterocycles. The van der Waals surface area contributed by atoms with E-state index in [1.165, 1.54) is 0 Å². The second-order valence-corrected chi connectivity index (χ2v) is 4.42. The van der Waals surface area contributed by atoms with Crippen molar-refractivity contribution in [2.75, 3.05) is 6.61 Å². The number of hydrogen-bond acceptors (Lipinski definition) is 5. The van der Waals surface area contributed by atoms with Crippen LogP contribution in [-0.2, 0) is 11.2 Å². The van der Waals surface area contributed by atoms with Crippen molar-refractivity contribution in [3.63, 3.8) is 0 Å². The molecular weight excluding hydrogens is 248 g/mol. The zero-order chi connectivity index (χ0) is 13.0. The van der Waals surface area contributed by atoms with Gasteiger partial charge in [-0.2, -0.15) is 11.3 Å². The number of hydrogen-bond donors (Lipinski definition) is 0. The van der Waals surface area contributed by atoms with Crippen LogP contribution in [0.2, 0.25) is 0 Å². The fourth-order valence-electron chi connectivity index (χ4n) is 1.60. The molecule has 0 aliphatic rings. The topological polar surface area (TPSA) is 52.1 Å². The van der Waals surface area contributed by atoms with Gasteiger partial charge in [0.2, 0.25) is 0 Å². The molecule has 2 aromatic heterocycles. The first-order valence-electron chi connectivity index (χ1n) is 5.81. The summed E-state index contributed by atoms with van der Waals surface area (Å²) in [4.78, 5) is 20.4. The van der Waals surface area contributed by atoms with Gasteiger partial charge in [0.15, 0.2) is 5.82 Å².